The summed E-state index contributed by atoms with van der Waals surface area (Å²) in [7, 11) is 0. The van der Waals surface area contributed by atoms with Gasteiger partial charge >= 0.3 is 0 Å². The fourth-order valence-corrected chi connectivity index (χ4v) is 2.14. The molecule has 0 aliphatic carbocycles. The van der Waals surface area contributed by atoms with Gasteiger partial charge in [-0.1, -0.05) is 30.1 Å². The summed E-state index contributed by atoms with van der Waals surface area (Å²) in [4.78, 5) is 13.7. The number of halogens is 2. The van der Waals surface area contributed by atoms with E-state index < -0.39 is 6.10 Å². The third-order valence-electron chi connectivity index (χ3n) is 2.61. The third kappa shape index (κ3) is 4.59. The summed E-state index contributed by atoms with van der Waals surface area (Å²) in [5.74, 6) is 0.157. The Morgan fingerprint density at radius 2 is 2.20 bits per heavy atom. The SMILES string of the molecule is CCCN(CC#N)C(=O)C(C)Oc1ccc(Cl)cc1Cl. The monoisotopic (exact) mass is 314 g/mol. The van der Waals surface area contributed by atoms with Crippen LogP contribution in [0.1, 0.15) is 20.3 Å². The highest BCUT2D eigenvalue weighted by molar-refractivity contribution is 6.35. The van der Waals surface area contributed by atoms with Crippen molar-refractivity contribution in [1.82, 2.24) is 4.90 Å². The van der Waals surface area contributed by atoms with Gasteiger partial charge in [-0.15, -0.1) is 0 Å². The summed E-state index contributed by atoms with van der Waals surface area (Å²) in [5, 5.41) is 9.58. The van der Waals surface area contributed by atoms with E-state index in [-0.39, 0.29) is 12.5 Å². The number of carbonyl (C=O) groups excluding carboxylic acids is 1. The molecule has 0 spiro atoms. The molecule has 4 nitrogen and oxygen atoms in total. The van der Waals surface area contributed by atoms with E-state index in [0.717, 1.165) is 6.42 Å². The highest BCUT2D eigenvalue weighted by Gasteiger charge is 2.22. The average molecular weight is 315 g/mol. The highest BCUT2D eigenvalue weighted by atomic mass is 35.5. The van der Waals surface area contributed by atoms with Gasteiger partial charge in [0.25, 0.3) is 5.91 Å². The minimum atomic E-state index is -0.714. The van der Waals surface area contributed by atoms with Gasteiger partial charge in [0.2, 0.25) is 0 Å². The molecule has 0 bridgehead atoms. The van der Waals surface area contributed by atoms with Crippen molar-refractivity contribution in [2.75, 3.05) is 13.1 Å². The largest absolute Gasteiger partial charge is 0.479 e. The minimum absolute atomic E-state index is 0.0503. The number of hydrogen-bond acceptors (Lipinski definition) is 3. The Bertz CT molecular complexity index is 514. The van der Waals surface area contributed by atoms with Gasteiger partial charge in [-0.25, -0.2) is 0 Å². The van der Waals surface area contributed by atoms with Gasteiger partial charge < -0.3 is 9.64 Å². The molecule has 6 heteroatoms. The quantitative estimate of drug-likeness (QED) is 0.755. The van der Waals surface area contributed by atoms with Crippen LogP contribution in [-0.4, -0.2) is 30.0 Å². The van der Waals surface area contributed by atoms with Gasteiger partial charge in [-0.05, 0) is 31.5 Å². The molecule has 1 unspecified atom stereocenters. The van der Waals surface area contributed by atoms with Crippen molar-refractivity contribution >= 4 is 29.1 Å². The van der Waals surface area contributed by atoms with Crippen LogP contribution in [0, 0.1) is 11.3 Å². The van der Waals surface area contributed by atoms with Gasteiger partial charge in [-0.3, -0.25) is 4.79 Å². The molecule has 0 N–H and O–H groups in total. The van der Waals surface area contributed by atoms with Crippen molar-refractivity contribution in [3.8, 4) is 11.8 Å². The van der Waals surface area contributed by atoms with Crippen LogP contribution >= 0.6 is 23.2 Å². The molecule has 1 rings (SSSR count). The number of rotatable bonds is 6. The molecule has 0 fully saturated rings. The summed E-state index contributed by atoms with van der Waals surface area (Å²) in [6, 6.07) is 6.78. The lowest BCUT2D eigenvalue weighted by Crippen LogP contribution is -2.41. The van der Waals surface area contributed by atoms with Gasteiger partial charge in [-0.2, -0.15) is 5.26 Å². The second-order valence-electron chi connectivity index (χ2n) is 4.25. The van der Waals surface area contributed by atoms with Crippen LogP contribution in [0.25, 0.3) is 0 Å². The van der Waals surface area contributed by atoms with Crippen molar-refractivity contribution in [1.29, 1.82) is 5.26 Å². The van der Waals surface area contributed by atoms with Crippen molar-refractivity contribution in [2.45, 2.75) is 26.4 Å². The molecule has 0 aromatic heterocycles. The van der Waals surface area contributed by atoms with Crippen LogP contribution in [-0.2, 0) is 4.79 Å². The lowest BCUT2D eigenvalue weighted by molar-refractivity contribution is -0.137. The number of ether oxygens (including phenoxy) is 1. The zero-order valence-corrected chi connectivity index (χ0v) is 12.9. The Morgan fingerprint density at radius 1 is 1.50 bits per heavy atom. The van der Waals surface area contributed by atoms with Crippen molar-refractivity contribution in [3.63, 3.8) is 0 Å². The summed E-state index contributed by atoms with van der Waals surface area (Å²) in [6.45, 7) is 4.15. The Labute approximate surface area is 128 Å². The van der Waals surface area contributed by atoms with Gasteiger partial charge in [0.1, 0.15) is 12.3 Å². The molecule has 0 aliphatic heterocycles. The van der Waals surface area contributed by atoms with Crippen molar-refractivity contribution in [2.24, 2.45) is 0 Å². The first-order valence-electron chi connectivity index (χ1n) is 6.27. The Hall–Kier alpha value is -1.44. The molecule has 1 amide bonds. The average Bonchev–Trinajstić information content (AvgIpc) is 2.40. The van der Waals surface area contributed by atoms with Crippen LogP contribution in [0.3, 0.4) is 0 Å². The molecule has 1 aromatic carbocycles. The molecule has 0 saturated heterocycles. The van der Waals surface area contributed by atoms with E-state index in [2.05, 4.69) is 0 Å². The fraction of sp³-hybridized carbons (Fsp3) is 0.429. The number of nitrogens with zero attached hydrogens (tertiary/aromatic N) is 2. The predicted octanol–water partition coefficient (Wildman–Crippen LogP) is 3.52. The summed E-state index contributed by atoms with van der Waals surface area (Å²) in [5.41, 5.74) is 0. The van der Waals surface area contributed by atoms with Crippen molar-refractivity contribution < 1.29 is 9.53 Å². The van der Waals surface area contributed by atoms with Crippen LogP contribution in [0.4, 0.5) is 0 Å². The van der Waals surface area contributed by atoms with E-state index >= 15 is 0 Å². The number of nitriles is 1. The van der Waals surface area contributed by atoms with E-state index in [4.69, 9.17) is 33.2 Å². The molecule has 0 heterocycles. The molecule has 20 heavy (non-hydrogen) atoms. The zero-order valence-electron chi connectivity index (χ0n) is 11.4. The van der Waals surface area contributed by atoms with Crippen LogP contribution in [0.2, 0.25) is 10.0 Å². The molecular formula is C14H16Cl2N2O2. The highest BCUT2D eigenvalue weighted by Crippen LogP contribution is 2.28. The summed E-state index contributed by atoms with van der Waals surface area (Å²) < 4.78 is 5.54. The first-order valence-corrected chi connectivity index (χ1v) is 7.02. The lowest BCUT2D eigenvalue weighted by Gasteiger charge is -2.23. The first-order chi connectivity index (χ1) is 9.49. The summed E-state index contributed by atoms with van der Waals surface area (Å²) >= 11 is 11.8. The van der Waals surface area contributed by atoms with E-state index in [1.165, 1.54) is 4.90 Å². The van der Waals surface area contributed by atoms with Gasteiger partial charge in [0, 0.05) is 11.6 Å². The molecule has 1 atom stereocenters. The Balaban J connectivity index is 2.76. The smallest absolute Gasteiger partial charge is 0.264 e. The van der Waals surface area contributed by atoms with Gasteiger partial charge in [0.15, 0.2) is 6.10 Å². The maximum atomic E-state index is 12.2. The Morgan fingerprint density at radius 3 is 2.75 bits per heavy atom. The molecular weight excluding hydrogens is 299 g/mol. The van der Waals surface area contributed by atoms with E-state index in [0.29, 0.717) is 22.3 Å². The standard InChI is InChI=1S/C14H16Cl2N2O2/c1-3-7-18(8-6-17)14(19)10(2)20-13-5-4-11(15)9-12(13)16/h4-5,9-10H,3,7-8H2,1-2H3. The number of amides is 1. The number of benzene rings is 1. The maximum Gasteiger partial charge on any atom is 0.264 e. The number of carbonyl (C=O) groups is 1. The zero-order chi connectivity index (χ0) is 15.1. The molecule has 0 saturated carbocycles. The van der Waals surface area contributed by atoms with E-state index in [9.17, 15) is 4.79 Å². The Kier molecular flexibility index (Phi) is 6.63. The van der Waals surface area contributed by atoms with E-state index in [1.807, 2.05) is 13.0 Å². The van der Waals surface area contributed by atoms with Crippen LogP contribution in [0.5, 0.6) is 5.75 Å². The summed E-state index contributed by atoms with van der Waals surface area (Å²) in [6.07, 6.45) is 0.0653. The van der Waals surface area contributed by atoms with Crippen molar-refractivity contribution in [3.05, 3.63) is 28.2 Å². The maximum absolute atomic E-state index is 12.2. The second kappa shape index (κ2) is 7.98. The molecule has 108 valence electrons. The van der Waals surface area contributed by atoms with Crippen LogP contribution in [0.15, 0.2) is 18.2 Å². The van der Waals surface area contributed by atoms with Crippen LogP contribution < -0.4 is 4.74 Å². The lowest BCUT2D eigenvalue weighted by atomic mass is 10.3. The predicted molar refractivity (Wildman–Crippen MR) is 79.0 cm³/mol. The number of hydrogen-bond donors (Lipinski definition) is 0. The topological polar surface area (TPSA) is 53.3 Å². The fourth-order valence-electron chi connectivity index (χ4n) is 1.69. The molecule has 0 aliphatic rings. The second-order valence-corrected chi connectivity index (χ2v) is 5.10. The third-order valence-corrected chi connectivity index (χ3v) is 3.14. The molecule has 1 aromatic rings. The normalized spacial score (nSPS) is 11.6. The van der Waals surface area contributed by atoms with Gasteiger partial charge in [0.05, 0.1) is 11.1 Å². The van der Waals surface area contributed by atoms with E-state index in [1.54, 1.807) is 25.1 Å². The minimum Gasteiger partial charge on any atom is -0.479 e. The first kappa shape index (κ1) is 16.6. The molecule has 0 radical (unpaired) electrons.